The monoisotopic (exact) mass is 344 g/mol. The average Bonchev–Trinajstić information content (AvgIpc) is 2.46. The topological polar surface area (TPSA) is 23.6 Å². The number of amides is 1. The lowest BCUT2D eigenvalue weighted by molar-refractivity contribution is -0.130. The molecule has 2 rings (SSSR count). The normalized spacial score (nSPS) is 17.4. The lowest BCUT2D eigenvalue weighted by Crippen LogP contribution is -2.50. The van der Waals surface area contributed by atoms with Crippen LogP contribution in [0.5, 0.6) is 0 Å². The number of rotatable bonds is 3. The van der Waals surface area contributed by atoms with E-state index in [1.807, 2.05) is 30.0 Å². The van der Waals surface area contributed by atoms with Crippen molar-refractivity contribution in [2.45, 2.75) is 18.2 Å². The molecular formula is C14H18BrClN2O. The van der Waals surface area contributed by atoms with Gasteiger partial charge >= 0.3 is 0 Å². The molecule has 0 bridgehead atoms. The van der Waals surface area contributed by atoms with E-state index in [1.54, 1.807) is 0 Å². The van der Waals surface area contributed by atoms with Crippen LogP contribution >= 0.6 is 27.5 Å². The summed E-state index contributed by atoms with van der Waals surface area (Å²) in [5.41, 5.74) is 1.13. The minimum Gasteiger partial charge on any atom is -0.368 e. The van der Waals surface area contributed by atoms with Crippen molar-refractivity contribution in [3.05, 3.63) is 29.3 Å². The van der Waals surface area contributed by atoms with Gasteiger partial charge in [-0.2, -0.15) is 0 Å². The quantitative estimate of drug-likeness (QED) is 0.786. The van der Waals surface area contributed by atoms with Crippen LogP contribution in [0.15, 0.2) is 24.3 Å². The SMILES string of the molecule is CCC(Br)C(=O)N1CCN(c2cccc(Cl)c2)CC1. The zero-order valence-electron chi connectivity index (χ0n) is 11.0. The number of hydrogen-bond donors (Lipinski definition) is 0. The lowest BCUT2D eigenvalue weighted by atomic mass is 10.2. The molecule has 1 aliphatic heterocycles. The molecule has 19 heavy (non-hydrogen) atoms. The van der Waals surface area contributed by atoms with E-state index in [2.05, 4.69) is 26.9 Å². The van der Waals surface area contributed by atoms with Crippen molar-refractivity contribution in [2.75, 3.05) is 31.1 Å². The van der Waals surface area contributed by atoms with Crippen LogP contribution in [0.2, 0.25) is 5.02 Å². The van der Waals surface area contributed by atoms with Crippen molar-refractivity contribution in [3.63, 3.8) is 0 Å². The first-order chi connectivity index (χ1) is 9.11. The zero-order valence-corrected chi connectivity index (χ0v) is 13.3. The molecule has 1 aromatic carbocycles. The first kappa shape index (κ1) is 14.7. The number of alkyl halides is 1. The maximum absolute atomic E-state index is 12.1. The van der Waals surface area contributed by atoms with E-state index in [0.717, 1.165) is 43.3 Å². The largest absolute Gasteiger partial charge is 0.368 e. The Kier molecular flexibility index (Phi) is 5.11. The third-order valence-corrected chi connectivity index (χ3v) is 4.67. The molecule has 1 atom stereocenters. The number of piperazine rings is 1. The molecule has 0 aromatic heterocycles. The molecule has 1 fully saturated rings. The highest BCUT2D eigenvalue weighted by atomic mass is 79.9. The minimum atomic E-state index is -0.0507. The highest BCUT2D eigenvalue weighted by Gasteiger charge is 2.24. The molecule has 0 spiro atoms. The van der Waals surface area contributed by atoms with Crippen LogP contribution in [-0.4, -0.2) is 41.8 Å². The van der Waals surface area contributed by atoms with Gasteiger partial charge in [-0.05, 0) is 24.6 Å². The van der Waals surface area contributed by atoms with Gasteiger partial charge in [-0.3, -0.25) is 4.79 Å². The second-order valence-corrected chi connectivity index (χ2v) is 6.21. The van der Waals surface area contributed by atoms with E-state index in [1.165, 1.54) is 0 Å². The Morgan fingerprint density at radius 1 is 1.37 bits per heavy atom. The summed E-state index contributed by atoms with van der Waals surface area (Å²) in [7, 11) is 0. The van der Waals surface area contributed by atoms with Crippen LogP contribution < -0.4 is 4.90 Å². The number of carbonyl (C=O) groups excluding carboxylic acids is 1. The summed E-state index contributed by atoms with van der Waals surface area (Å²) < 4.78 is 0. The smallest absolute Gasteiger partial charge is 0.236 e. The maximum Gasteiger partial charge on any atom is 0.236 e. The second kappa shape index (κ2) is 6.62. The van der Waals surface area contributed by atoms with Gasteiger partial charge in [0.25, 0.3) is 0 Å². The van der Waals surface area contributed by atoms with Crippen molar-refractivity contribution >= 4 is 39.1 Å². The molecule has 0 N–H and O–H groups in total. The molecule has 1 aliphatic rings. The number of anilines is 1. The third-order valence-electron chi connectivity index (χ3n) is 3.39. The Bertz CT molecular complexity index is 447. The van der Waals surface area contributed by atoms with Crippen LogP contribution in [0.3, 0.4) is 0 Å². The Balaban J connectivity index is 1.94. The number of halogens is 2. The number of hydrogen-bond acceptors (Lipinski definition) is 2. The zero-order chi connectivity index (χ0) is 13.8. The molecule has 5 heteroatoms. The number of nitrogens with zero attached hydrogens (tertiary/aromatic N) is 2. The Morgan fingerprint density at radius 3 is 2.63 bits per heavy atom. The molecule has 1 aromatic rings. The van der Waals surface area contributed by atoms with Gasteiger partial charge in [-0.15, -0.1) is 0 Å². The van der Waals surface area contributed by atoms with E-state index in [0.29, 0.717) is 0 Å². The maximum atomic E-state index is 12.1. The highest BCUT2D eigenvalue weighted by Crippen LogP contribution is 2.21. The van der Waals surface area contributed by atoms with Gasteiger partial charge in [0.1, 0.15) is 0 Å². The molecule has 1 saturated heterocycles. The van der Waals surface area contributed by atoms with Crippen molar-refractivity contribution in [2.24, 2.45) is 0 Å². The van der Waals surface area contributed by atoms with E-state index in [4.69, 9.17) is 11.6 Å². The van der Waals surface area contributed by atoms with Crippen molar-refractivity contribution in [1.82, 2.24) is 4.90 Å². The molecule has 0 radical (unpaired) electrons. The Morgan fingerprint density at radius 2 is 2.05 bits per heavy atom. The molecule has 104 valence electrons. The Hall–Kier alpha value is -0.740. The summed E-state index contributed by atoms with van der Waals surface area (Å²) >= 11 is 9.43. The second-order valence-electron chi connectivity index (χ2n) is 4.67. The number of benzene rings is 1. The summed E-state index contributed by atoms with van der Waals surface area (Å²) in [5.74, 6) is 0.202. The van der Waals surface area contributed by atoms with Gasteiger partial charge in [-0.25, -0.2) is 0 Å². The third kappa shape index (κ3) is 3.63. The predicted octanol–water partition coefficient (Wildman–Crippen LogP) is 3.16. The van der Waals surface area contributed by atoms with Gasteiger partial charge in [-0.1, -0.05) is 40.5 Å². The van der Waals surface area contributed by atoms with E-state index >= 15 is 0 Å². The lowest BCUT2D eigenvalue weighted by Gasteiger charge is -2.37. The molecule has 0 saturated carbocycles. The molecule has 1 amide bonds. The highest BCUT2D eigenvalue weighted by molar-refractivity contribution is 9.10. The first-order valence-electron chi connectivity index (χ1n) is 6.55. The molecule has 3 nitrogen and oxygen atoms in total. The fourth-order valence-corrected chi connectivity index (χ4v) is 2.70. The van der Waals surface area contributed by atoms with Crippen molar-refractivity contribution in [1.29, 1.82) is 0 Å². The van der Waals surface area contributed by atoms with Crippen molar-refractivity contribution in [3.8, 4) is 0 Å². The summed E-state index contributed by atoms with van der Waals surface area (Å²) in [5, 5.41) is 0.752. The first-order valence-corrected chi connectivity index (χ1v) is 7.84. The summed E-state index contributed by atoms with van der Waals surface area (Å²) in [6, 6.07) is 7.86. The van der Waals surface area contributed by atoms with Crippen LogP contribution in [-0.2, 0) is 4.79 Å². The fraction of sp³-hybridized carbons (Fsp3) is 0.500. The molecule has 1 heterocycles. The Labute approximate surface area is 127 Å². The standard InChI is InChI=1S/C14H18BrClN2O/c1-2-13(15)14(19)18-8-6-17(7-9-18)12-5-3-4-11(16)10-12/h3-5,10,13H,2,6-9H2,1H3. The van der Waals surface area contributed by atoms with Gasteiger partial charge in [0.15, 0.2) is 0 Å². The summed E-state index contributed by atoms with van der Waals surface area (Å²) in [6.45, 7) is 5.27. The fourth-order valence-electron chi connectivity index (χ4n) is 2.23. The van der Waals surface area contributed by atoms with Crippen LogP contribution in [0.4, 0.5) is 5.69 Å². The van der Waals surface area contributed by atoms with Crippen LogP contribution in [0.1, 0.15) is 13.3 Å². The van der Waals surface area contributed by atoms with E-state index < -0.39 is 0 Å². The van der Waals surface area contributed by atoms with Gasteiger partial charge in [0, 0.05) is 36.9 Å². The summed E-state index contributed by atoms with van der Waals surface area (Å²) in [4.78, 5) is 16.2. The molecule has 0 aliphatic carbocycles. The molecule has 1 unspecified atom stereocenters. The van der Waals surface area contributed by atoms with Crippen molar-refractivity contribution < 1.29 is 4.79 Å². The number of carbonyl (C=O) groups is 1. The average molecular weight is 346 g/mol. The summed E-state index contributed by atoms with van der Waals surface area (Å²) in [6.07, 6.45) is 0.827. The van der Waals surface area contributed by atoms with Crippen LogP contribution in [0, 0.1) is 0 Å². The molecular weight excluding hydrogens is 328 g/mol. The van der Waals surface area contributed by atoms with E-state index in [-0.39, 0.29) is 10.7 Å². The van der Waals surface area contributed by atoms with Gasteiger partial charge < -0.3 is 9.80 Å². The van der Waals surface area contributed by atoms with Gasteiger partial charge in [0.2, 0.25) is 5.91 Å². The predicted molar refractivity (Wildman–Crippen MR) is 83.3 cm³/mol. The minimum absolute atomic E-state index is 0.0507. The van der Waals surface area contributed by atoms with Crippen LogP contribution in [0.25, 0.3) is 0 Å². The van der Waals surface area contributed by atoms with E-state index in [9.17, 15) is 4.79 Å². The van der Waals surface area contributed by atoms with Gasteiger partial charge in [0.05, 0.1) is 4.83 Å².